The van der Waals surface area contributed by atoms with Gasteiger partial charge in [-0.2, -0.15) is 4.98 Å². The molecule has 3 aromatic carbocycles. The van der Waals surface area contributed by atoms with Gasteiger partial charge in [0.05, 0.1) is 16.6 Å². The summed E-state index contributed by atoms with van der Waals surface area (Å²) >= 11 is 0. The largest absolute Gasteiger partial charge is 0.484 e. The first kappa shape index (κ1) is 35.3. The smallest absolute Gasteiger partial charge is 0.264 e. The number of hydrogen-bond acceptors (Lipinski definition) is 8. The molecular weight excluding hydrogens is 643 g/mol. The van der Waals surface area contributed by atoms with Crippen LogP contribution in [0.1, 0.15) is 54.2 Å². The number of ether oxygens (including phenoxy) is 2. The average Bonchev–Trinajstić information content (AvgIpc) is 3.03. The normalized spacial score (nSPS) is 15.9. The Balaban J connectivity index is 1.58. The minimum absolute atomic E-state index is 0.0892. The van der Waals surface area contributed by atoms with E-state index in [-0.39, 0.29) is 59.3 Å². The van der Waals surface area contributed by atoms with E-state index in [0.29, 0.717) is 17.9 Å². The van der Waals surface area contributed by atoms with E-state index >= 15 is 0 Å². The minimum atomic E-state index is -4.18. The number of rotatable bonds is 7. The van der Waals surface area contributed by atoms with Crippen molar-refractivity contribution in [2.75, 3.05) is 32.0 Å². The van der Waals surface area contributed by atoms with Crippen LogP contribution < -0.4 is 14.2 Å². The summed E-state index contributed by atoms with van der Waals surface area (Å²) < 4.78 is 41.8. The number of anilines is 1. The molecule has 258 valence electrons. The van der Waals surface area contributed by atoms with Crippen molar-refractivity contribution < 1.29 is 27.5 Å². The van der Waals surface area contributed by atoms with Gasteiger partial charge in [-0.1, -0.05) is 57.2 Å². The summed E-state index contributed by atoms with van der Waals surface area (Å²) in [5.74, 6) is 0.0575. The van der Waals surface area contributed by atoms with E-state index in [9.17, 15) is 18.0 Å². The van der Waals surface area contributed by atoms with Crippen LogP contribution in [0.15, 0.2) is 77.7 Å². The predicted molar refractivity (Wildman–Crippen MR) is 188 cm³/mol. The van der Waals surface area contributed by atoms with E-state index in [1.165, 1.54) is 17.0 Å². The lowest BCUT2D eigenvalue weighted by molar-refractivity contribution is -0.130. The van der Waals surface area contributed by atoms with Crippen molar-refractivity contribution in [1.29, 1.82) is 0 Å². The molecule has 1 aliphatic rings. The number of hydrogen-bond donors (Lipinski definition) is 1. The standard InChI is InChI=1S/C37H43N5O6S/c1-24-10-8-11-25(2)34(24)31-19-32-39-36(38-31)40-49(45,46)30-13-9-12-27(18-30)35(44)42(28(22-48-32)20-37(3,4)5)21-26-14-16-29(17-15-26)47-23-33(43)41(6)7/h8-19,28H,20-23H2,1-7H3,(H,38,39,40)/t28-/m1/s1. The van der Waals surface area contributed by atoms with E-state index in [4.69, 9.17) is 9.47 Å². The van der Waals surface area contributed by atoms with Gasteiger partial charge in [0.1, 0.15) is 12.4 Å². The second-order valence-corrected chi connectivity index (χ2v) is 15.4. The maximum Gasteiger partial charge on any atom is 0.264 e. The van der Waals surface area contributed by atoms with Crippen LogP contribution in [0.2, 0.25) is 0 Å². The zero-order valence-electron chi connectivity index (χ0n) is 29.0. The molecule has 11 nitrogen and oxygen atoms in total. The summed E-state index contributed by atoms with van der Waals surface area (Å²) in [6.45, 7) is 10.4. The number of sulfonamides is 1. The van der Waals surface area contributed by atoms with Crippen molar-refractivity contribution in [2.24, 2.45) is 5.41 Å². The molecular formula is C37H43N5O6S. The molecule has 12 heteroatoms. The number of aromatic nitrogens is 2. The third kappa shape index (κ3) is 8.74. The van der Waals surface area contributed by atoms with E-state index in [0.717, 1.165) is 22.3 Å². The zero-order chi connectivity index (χ0) is 35.5. The third-order valence-corrected chi connectivity index (χ3v) is 9.49. The van der Waals surface area contributed by atoms with E-state index in [1.807, 2.05) is 44.2 Å². The molecule has 2 amide bonds. The summed E-state index contributed by atoms with van der Waals surface area (Å²) in [5, 5.41) is 0. The topological polar surface area (TPSA) is 131 Å². The van der Waals surface area contributed by atoms with E-state index in [2.05, 4.69) is 35.5 Å². The fraction of sp³-hybridized carbons (Fsp3) is 0.351. The van der Waals surface area contributed by atoms with Crippen LogP contribution in [-0.4, -0.2) is 73.4 Å². The van der Waals surface area contributed by atoms with E-state index in [1.54, 1.807) is 49.3 Å². The maximum absolute atomic E-state index is 14.4. The third-order valence-electron chi connectivity index (χ3n) is 8.17. The molecule has 0 saturated carbocycles. The second kappa shape index (κ2) is 14.3. The van der Waals surface area contributed by atoms with Crippen LogP contribution in [0.5, 0.6) is 11.6 Å². The van der Waals surface area contributed by atoms with Crippen LogP contribution in [0.3, 0.4) is 0 Å². The van der Waals surface area contributed by atoms with Gasteiger partial charge in [-0.25, -0.2) is 18.1 Å². The van der Waals surface area contributed by atoms with Gasteiger partial charge in [-0.3, -0.25) is 9.59 Å². The average molecular weight is 686 g/mol. The van der Waals surface area contributed by atoms with Crippen LogP contribution in [0.25, 0.3) is 11.3 Å². The molecule has 0 unspecified atom stereocenters. The molecule has 0 spiro atoms. The Labute approximate surface area is 288 Å². The molecule has 1 atom stereocenters. The number of fused-ring (bicyclic) bond motifs is 4. The van der Waals surface area contributed by atoms with Crippen LogP contribution in [-0.2, 0) is 21.4 Å². The summed E-state index contributed by atoms with van der Waals surface area (Å²) in [4.78, 5) is 38.5. The number of aryl methyl sites for hydroxylation is 2. The van der Waals surface area contributed by atoms with Gasteiger partial charge in [0.25, 0.3) is 21.8 Å². The molecule has 49 heavy (non-hydrogen) atoms. The highest BCUT2D eigenvalue weighted by atomic mass is 32.2. The highest BCUT2D eigenvalue weighted by Crippen LogP contribution is 2.32. The van der Waals surface area contributed by atoms with Gasteiger partial charge in [-0.05, 0) is 72.7 Å². The first-order valence-corrected chi connectivity index (χ1v) is 17.5. The maximum atomic E-state index is 14.4. The number of carbonyl (C=O) groups excluding carboxylic acids is 2. The Hall–Kier alpha value is -4.97. The summed E-state index contributed by atoms with van der Waals surface area (Å²) in [6, 6.07) is 20.3. The predicted octanol–water partition coefficient (Wildman–Crippen LogP) is 5.87. The monoisotopic (exact) mass is 685 g/mol. The summed E-state index contributed by atoms with van der Waals surface area (Å²) in [6.07, 6.45) is 0.574. The number of carbonyl (C=O) groups is 2. The first-order chi connectivity index (χ1) is 23.1. The SMILES string of the molecule is Cc1cccc(C)c1-c1cc2nc(n1)NS(=O)(=O)c1cccc(c1)C(=O)N(Cc1ccc(OCC(=O)N(C)C)cc1)[C@H](CC(C)(C)C)CO2. The Morgan fingerprint density at radius 2 is 1.67 bits per heavy atom. The Morgan fingerprint density at radius 3 is 2.33 bits per heavy atom. The quantitative estimate of drug-likeness (QED) is 0.256. The van der Waals surface area contributed by atoms with Crippen molar-refractivity contribution >= 4 is 27.8 Å². The molecule has 1 aliphatic heterocycles. The molecule has 2 heterocycles. The fourth-order valence-corrected chi connectivity index (χ4v) is 6.70. The Morgan fingerprint density at radius 1 is 1.00 bits per heavy atom. The van der Waals surface area contributed by atoms with Crippen LogP contribution in [0.4, 0.5) is 5.95 Å². The van der Waals surface area contributed by atoms with Gasteiger partial charge in [0.2, 0.25) is 11.8 Å². The number of nitrogens with zero attached hydrogens (tertiary/aromatic N) is 4. The fourth-order valence-electron chi connectivity index (χ4n) is 5.71. The highest BCUT2D eigenvalue weighted by Gasteiger charge is 2.31. The van der Waals surface area contributed by atoms with Gasteiger partial charge in [0, 0.05) is 37.8 Å². The first-order valence-electron chi connectivity index (χ1n) is 16.0. The van der Waals surface area contributed by atoms with Crippen molar-refractivity contribution in [3.8, 4) is 22.9 Å². The molecule has 0 radical (unpaired) electrons. The second-order valence-electron chi connectivity index (χ2n) is 13.7. The molecule has 1 N–H and O–H groups in total. The summed E-state index contributed by atoms with van der Waals surface area (Å²) in [5.41, 5.74) is 4.12. The zero-order valence-corrected chi connectivity index (χ0v) is 29.8. The number of nitrogens with one attached hydrogen (secondary N) is 1. The molecule has 4 bridgehead atoms. The van der Waals surface area contributed by atoms with Gasteiger partial charge in [-0.15, -0.1) is 0 Å². The molecule has 4 aromatic rings. The molecule has 0 saturated heterocycles. The van der Waals surface area contributed by atoms with Crippen LogP contribution in [0, 0.1) is 19.3 Å². The molecule has 0 fully saturated rings. The van der Waals surface area contributed by atoms with Crippen molar-refractivity contribution in [1.82, 2.24) is 19.8 Å². The molecule has 5 rings (SSSR count). The lowest BCUT2D eigenvalue weighted by Crippen LogP contribution is -2.45. The van der Waals surface area contributed by atoms with Gasteiger partial charge in [0.15, 0.2) is 6.61 Å². The van der Waals surface area contributed by atoms with Gasteiger partial charge < -0.3 is 19.3 Å². The van der Waals surface area contributed by atoms with E-state index < -0.39 is 16.1 Å². The Kier molecular flexibility index (Phi) is 10.3. The highest BCUT2D eigenvalue weighted by molar-refractivity contribution is 7.92. The minimum Gasteiger partial charge on any atom is -0.484 e. The summed E-state index contributed by atoms with van der Waals surface area (Å²) in [7, 11) is -0.855. The van der Waals surface area contributed by atoms with Gasteiger partial charge >= 0.3 is 0 Å². The Bertz CT molecular complexity index is 1930. The lowest BCUT2D eigenvalue weighted by Gasteiger charge is -2.36. The molecule has 0 aliphatic carbocycles. The van der Waals surface area contributed by atoms with Crippen molar-refractivity contribution in [3.63, 3.8) is 0 Å². The lowest BCUT2D eigenvalue weighted by atomic mass is 9.87. The van der Waals surface area contributed by atoms with Crippen molar-refractivity contribution in [3.05, 3.63) is 95.1 Å². The van der Waals surface area contributed by atoms with Crippen LogP contribution >= 0.6 is 0 Å². The number of amides is 2. The van der Waals surface area contributed by atoms with Crippen molar-refractivity contribution in [2.45, 2.75) is 58.5 Å². The number of benzene rings is 3. The molecule has 1 aromatic heterocycles. The number of likely N-dealkylation sites (N-methyl/N-ethyl adjacent to an activating group) is 1.